The van der Waals surface area contributed by atoms with E-state index < -0.39 is 23.9 Å². The number of methoxy groups -OCH3 is 1. The second-order valence-electron chi connectivity index (χ2n) is 5.27. The maximum Gasteiger partial charge on any atom is 0.405 e. The first-order chi connectivity index (χ1) is 12.3. The maximum absolute atomic E-state index is 12.6. The fourth-order valence-electron chi connectivity index (χ4n) is 2.19. The Morgan fingerprint density at radius 1 is 1.38 bits per heavy atom. The van der Waals surface area contributed by atoms with E-state index in [9.17, 15) is 14.4 Å². The van der Waals surface area contributed by atoms with Crippen LogP contribution in [0, 0.1) is 0 Å². The summed E-state index contributed by atoms with van der Waals surface area (Å²) >= 11 is 6.14. The molecular weight excluding hydrogens is 364 g/mol. The second kappa shape index (κ2) is 8.34. The van der Waals surface area contributed by atoms with Gasteiger partial charge in [-0.25, -0.2) is 9.89 Å². The van der Waals surface area contributed by atoms with E-state index in [1.54, 1.807) is 12.1 Å². The van der Waals surface area contributed by atoms with Gasteiger partial charge in [-0.15, -0.1) is 0 Å². The molecule has 1 aromatic carbocycles. The number of anilines is 1. The van der Waals surface area contributed by atoms with Gasteiger partial charge in [-0.2, -0.15) is 5.10 Å². The van der Waals surface area contributed by atoms with Crippen LogP contribution in [0.5, 0.6) is 5.88 Å². The van der Waals surface area contributed by atoms with Crippen LogP contribution in [0.1, 0.15) is 22.8 Å². The molecule has 0 aliphatic rings. The lowest BCUT2D eigenvalue weighted by Crippen LogP contribution is -2.29. The van der Waals surface area contributed by atoms with Gasteiger partial charge in [0.2, 0.25) is 5.88 Å². The third kappa shape index (κ3) is 4.73. The first-order valence-electron chi connectivity index (χ1n) is 7.48. The smallest absolute Gasteiger partial charge is 0.405 e. The van der Waals surface area contributed by atoms with E-state index in [-0.39, 0.29) is 22.8 Å². The summed E-state index contributed by atoms with van der Waals surface area (Å²) in [5.41, 5.74) is 5.41. The van der Waals surface area contributed by atoms with Crippen molar-refractivity contribution in [1.82, 2.24) is 10.2 Å². The van der Waals surface area contributed by atoms with Gasteiger partial charge in [0.1, 0.15) is 0 Å². The number of carbonyl (C=O) groups is 3. The number of benzene rings is 1. The molecule has 0 saturated heterocycles. The molecule has 0 spiro atoms. The van der Waals surface area contributed by atoms with E-state index in [4.69, 9.17) is 22.1 Å². The molecule has 0 bridgehead atoms. The number of aromatic amines is 1. The normalized spacial score (nSPS) is 11.5. The van der Waals surface area contributed by atoms with E-state index in [0.29, 0.717) is 11.4 Å². The van der Waals surface area contributed by atoms with Crippen LogP contribution in [-0.2, 0) is 16.0 Å². The van der Waals surface area contributed by atoms with Crippen molar-refractivity contribution in [3.05, 3.63) is 40.4 Å². The average molecular weight is 381 g/mol. The quantitative estimate of drug-likeness (QED) is 0.671. The molecule has 138 valence electrons. The van der Waals surface area contributed by atoms with Crippen LogP contribution in [0.4, 0.5) is 10.6 Å². The molecule has 4 N–H and O–H groups in total. The Kier molecular flexibility index (Phi) is 6.18. The highest BCUT2D eigenvalue weighted by Gasteiger charge is 2.22. The number of primary amides is 1. The number of Topliss-reactive ketones (excluding diaryl/α,β-unsaturated/α-hetero) is 1. The van der Waals surface area contributed by atoms with Crippen LogP contribution < -0.4 is 15.8 Å². The van der Waals surface area contributed by atoms with Crippen molar-refractivity contribution in [2.75, 3.05) is 12.4 Å². The zero-order valence-corrected chi connectivity index (χ0v) is 14.8. The number of aromatic nitrogens is 2. The number of rotatable bonds is 7. The fourth-order valence-corrected chi connectivity index (χ4v) is 2.47. The molecule has 2 rings (SSSR count). The molecule has 0 aliphatic heterocycles. The van der Waals surface area contributed by atoms with Gasteiger partial charge in [-0.3, -0.25) is 9.59 Å². The van der Waals surface area contributed by atoms with E-state index >= 15 is 0 Å². The summed E-state index contributed by atoms with van der Waals surface area (Å²) in [6.07, 6.45) is -2.26. The summed E-state index contributed by atoms with van der Waals surface area (Å²) in [7, 11) is 1.45. The minimum atomic E-state index is -1.05. The SMILES string of the molecule is COc1cc(NC(=O)c2c(Cl)cccc2CC(=O)C(C)OC(N)=O)n[nH]1. The molecule has 1 aromatic heterocycles. The summed E-state index contributed by atoms with van der Waals surface area (Å²) in [6, 6.07) is 6.21. The van der Waals surface area contributed by atoms with Crippen molar-refractivity contribution >= 4 is 35.2 Å². The molecular formula is C16H17ClN4O5. The lowest BCUT2D eigenvalue weighted by Gasteiger charge is -2.13. The van der Waals surface area contributed by atoms with Crippen molar-refractivity contribution in [3.8, 4) is 5.88 Å². The first-order valence-corrected chi connectivity index (χ1v) is 7.86. The fraction of sp³-hybridized carbons (Fsp3) is 0.250. The van der Waals surface area contributed by atoms with Gasteiger partial charge in [0, 0.05) is 12.5 Å². The maximum atomic E-state index is 12.6. The molecule has 2 amide bonds. The number of hydrogen-bond acceptors (Lipinski definition) is 6. The summed E-state index contributed by atoms with van der Waals surface area (Å²) in [5.74, 6) is -0.376. The molecule has 10 heteroatoms. The lowest BCUT2D eigenvalue weighted by molar-refractivity contribution is -0.125. The average Bonchev–Trinajstić information content (AvgIpc) is 3.01. The van der Waals surface area contributed by atoms with Crippen molar-refractivity contribution in [1.29, 1.82) is 0 Å². The van der Waals surface area contributed by atoms with Crippen LogP contribution in [0.25, 0.3) is 0 Å². The Morgan fingerprint density at radius 3 is 2.73 bits per heavy atom. The van der Waals surface area contributed by atoms with E-state index in [1.165, 1.54) is 26.2 Å². The molecule has 0 radical (unpaired) electrons. The number of amides is 2. The molecule has 26 heavy (non-hydrogen) atoms. The zero-order valence-electron chi connectivity index (χ0n) is 14.0. The van der Waals surface area contributed by atoms with Gasteiger partial charge >= 0.3 is 6.09 Å². The summed E-state index contributed by atoms with van der Waals surface area (Å²) in [5, 5.41) is 9.17. The van der Waals surface area contributed by atoms with Gasteiger partial charge < -0.3 is 20.5 Å². The third-order valence-corrected chi connectivity index (χ3v) is 3.77. The molecule has 1 unspecified atom stereocenters. The summed E-state index contributed by atoms with van der Waals surface area (Å²) in [6.45, 7) is 1.40. The van der Waals surface area contributed by atoms with Gasteiger partial charge in [0.15, 0.2) is 17.7 Å². The largest absolute Gasteiger partial charge is 0.481 e. The van der Waals surface area contributed by atoms with Crippen molar-refractivity contribution in [3.63, 3.8) is 0 Å². The molecule has 0 aliphatic carbocycles. The summed E-state index contributed by atoms with van der Waals surface area (Å²) in [4.78, 5) is 35.5. The van der Waals surface area contributed by atoms with Crippen molar-refractivity contribution < 1.29 is 23.9 Å². The number of H-pyrrole nitrogens is 1. The van der Waals surface area contributed by atoms with E-state index in [1.807, 2.05) is 0 Å². The number of ether oxygens (including phenoxy) is 2. The number of nitrogens with one attached hydrogen (secondary N) is 2. The Labute approximate surface area is 153 Å². The second-order valence-corrected chi connectivity index (χ2v) is 5.68. The number of hydrogen-bond donors (Lipinski definition) is 3. The summed E-state index contributed by atoms with van der Waals surface area (Å²) < 4.78 is 9.60. The minimum Gasteiger partial charge on any atom is -0.481 e. The molecule has 1 heterocycles. The van der Waals surface area contributed by atoms with E-state index in [2.05, 4.69) is 20.3 Å². The highest BCUT2D eigenvalue weighted by molar-refractivity contribution is 6.34. The molecule has 0 saturated carbocycles. The zero-order chi connectivity index (χ0) is 19.3. The molecule has 2 aromatic rings. The van der Waals surface area contributed by atoms with Crippen molar-refractivity contribution in [2.45, 2.75) is 19.4 Å². The topological polar surface area (TPSA) is 136 Å². The standard InChI is InChI=1S/C16H17ClN4O5/c1-8(26-16(18)24)11(22)6-9-4-3-5-10(17)14(9)15(23)19-12-7-13(25-2)21-20-12/h3-5,7-8H,6H2,1-2H3,(H2,18,24)(H2,19,20,21,23). The monoisotopic (exact) mass is 380 g/mol. The predicted octanol–water partition coefficient (Wildman–Crippen LogP) is 1.92. The number of nitrogens with two attached hydrogens (primary N) is 1. The Bertz CT molecular complexity index is 836. The number of carbonyl (C=O) groups excluding carboxylic acids is 3. The van der Waals surface area contributed by atoms with Crippen LogP contribution >= 0.6 is 11.6 Å². The van der Waals surface area contributed by atoms with Gasteiger partial charge in [-0.05, 0) is 18.6 Å². The van der Waals surface area contributed by atoms with Gasteiger partial charge in [-0.1, -0.05) is 23.7 Å². The highest BCUT2D eigenvalue weighted by atomic mass is 35.5. The van der Waals surface area contributed by atoms with Crippen LogP contribution in [-0.4, -0.2) is 41.2 Å². The third-order valence-electron chi connectivity index (χ3n) is 3.45. The van der Waals surface area contributed by atoms with Crippen LogP contribution in [0.2, 0.25) is 5.02 Å². The molecule has 0 fully saturated rings. The van der Waals surface area contributed by atoms with E-state index in [0.717, 1.165) is 0 Å². The number of halogens is 1. The predicted molar refractivity (Wildman–Crippen MR) is 93.4 cm³/mol. The minimum absolute atomic E-state index is 0.121. The molecule has 1 atom stereocenters. The van der Waals surface area contributed by atoms with Crippen molar-refractivity contribution in [2.24, 2.45) is 5.73 Å². The number of nitrogens with zero attached hydrogens (tertiary/aromatic N) is 1. The Hall–Kier alpha value is -3.07. The molecule has 9 nitrogen and oxygen atoms in total. The Morgan fingerprint density at radius 2 is 2.12 bits per heavy atom. The Balaban J connectivity index is 2.21. The van der Waals surface area contributed by atoms with Crippen LogP contribution in [0.15, 0.2) is 24.3 Å². The number of ketones is 1. The first kappa shape index (κ1) is 19.3. The van der Waals surface area contributed by atoms with Crippen LogP contribution in [0.3, 0.4) is 0 Å². The lowest BCUT2D eigenvalue weighted by atomic mass is 9.99. The highest BCUT2D eigenvalue weighted by Crippen LogP contribution is 2.23. The van der Waals surface area contributed by atoms with Gasteiger partial charge in [0.25, 0.3) is 5.91 Å². The van der Waals surface area contributed by atoms with Gasteiger partial charge in [0.05, 0.1) is 17.7 Å².